The summed E-state index contributed by atoms with van der Waals surface area (Å²) < 4.78 is 1.93. The molecule has 1 aromatic heterocycles. The highest BCUT2D eigenvalue weighted by atomic mass is 16.2. The van der Waals surface area contributed by atoms with Crippen molar-refractivity contribution in [2.24, 2.45) is 5.73 Å². The zero-order valence-corrected chi connectivity index (χ0v) is 19.9. The Morgan fingerprint density at radius 2 is 1.17 bits per heavy atom. The van der Waals surface area contributed by atoms with Gasteiger partial charge in [-0.1, -0.05) is 103 Å². The van der Waals surface area contributed by atoms with Gasteiger partial charge in [0, 0.05) is 5.39 Å². The fraction of sp³-hybridized carbons (Fsp3) is 0.100. The van der Waals surface area contributed by atoms with E-state index in [0.717, 1.165) is 22.0 Å². The molecule has 0 radical (unpaired) electrons. The Morgan fingerprint density at radius 3 is 1.75 bits per heavy atom. The van der Waals surface area contributed by atoms with Crippen molar-refractivity contribution in [1.29, 1.82) is 0 Å². The summed E-state index contributed by atoms with van der Waals surface area (Å²) in [6.45, 7) is 0.663. The number of primary amides is 1. The molecular weight excluding hydrogens is 448 g/mol. The van der Waals surface area contributed by atoms with E-state index in [9.17, 15) is 9.59 Å². The summed E-state index contributed by atoms with van der Waals surface area (Å²) in [5, 5.41) is 8.57. The lowest BCUT2D eigenvalue weighted by atomic mass is 10.1. The Morgan fingerprint density at radius 1 is 0.667 bits per heavy atom. The van der Waals surface area contributed by atoms with Crippen molar-refractivity contribution in [1.82, 2.24) is 9.78 Å². The van der Waals surface area contributed by atoms with Gasteiger partial charge >= 0.3 is 0 Å². The lowest BCUT2D eigenvalue weighted by Gasteiger charge is -2.04. The number of hydrogen-bond donors (Lipinski definition) is 2. The predicted octanol–water partition coefficient (Wildman–Crippen LogP) is 4.98. The summed E-state index contributed by atoms with van der Waals surface area (Å²) in [6, 6.07) is 37.3. The molecule has 0 saturated heterocycles. The molecule has 0 aliphatic carbocycles. The number of benzene rings is 4. The summed E-state index contributed by atoms with van der Waals surface area (Å²) in [4.78, 5) is 22.8. The SMILES string of the molecule is NC(=O)Cc1ccccc1.O=C(Cc1ccccc1)Nc1nn(Cc2ccccc2)c2ccccc12. The molecule has 0 bridgehead atoms. The number of nitrogens with zero attached hydrogens (tertiary/aromatic N) is 2. The topological polar surface area (TPSA) is 90.0 Å². The summed E-state index contributed by atoms with van der Waals surface area (Å²) in [6.07, 6.45) is 0.668. The van der Waals surface area contributed by atoms with E-state index < -0.39 is 0 Å². The predicted molar refractivity (Wildman–Crippen MR) is 143 cm³/mol. The molecule has 0 atom stereocenters. The monoisotopic (exact) mass is 476 g/mol. The Labute approximate surface area is 210 Å². The molecule has 180 valence electrons. The number of carbonyl (C=O) groups excluding carboxylic acids is 2. The lowest BCUT2D eigenvalue weighted by molar-refractivity contribution is -0.117. The van der Waals surface area contributed by atoms with Gasteiger partial charge in [-0.2, -0.15) is 5.10 Å². The van der Waals surface area contributed by atoms with Crippen molar-refractivity contribution in [3.63, 3.8) is 0 Å². The van der Waals surface area contributed by atoms with Crippen LogP contribution < -0.4 is 11.1 Å². The molecule has 0 fully saturated rings. The van der Waals surface area contributed by atoms with Gasteiger partial charge in [0.15, 0.2) is 5.82 Å². The minimum absolute atomic E-state index is 0.0636. The van der Waals surface area contributed by atoms with Crippen LogP contribution >= 0.6 is 0 Å². The van der Waals surface area contributed by atoms with Gasteiger partial charge in [0.2, 0.25) is 11.8 Å². The molecule has 6 heteroatoms. The van der Waals surface area contributed by atoms with Crippen molar-refractivity contribution in [3.8, 4) is 0 Å². The van der Waals surface area contributed by atoms with Crippen LogP contribution in [0, 0.1) is 0 Å². The molecule has 5 rings (SSSR count). The fourth-order valence-corrected chi connectivity index (χ4v) is 3.85. The van der Waals surface area contributed by atoms with Gasteiger partial charge < -0.3 is 11.1 Å². The van der Waals surface area contributed by atoms with Crippen LogP contribution in [0.5, 0.6) is 0 Å². The van der Waals surface area contributed by atoms with E-state index in [-0.39, 0.29) is 11.8 Å². The largest absolute Gasteiger partial charge is 0.369 e. The quantitative estimate of drug-likeness (QED) is 0.347. The molecule has 6 nitrogen and oxygen atoms in total. The number of fused-ring (bicyclic) bond motifs is 1. The molecule has 36 heavy (non-hydrogen) atoms. The normalized spacial score (nSPS) is 10.3. The molecular formula is C30H28N4O2. The molecule has 4 aromatic carbocycles. The van der Waals surface area contributed by atoms with Gasteiger partial charge in [-0.15, -0.1) is 0 Å². The van der Waals surface area contributed by atoms with Gasteiger partial charge in [0.1, 0.15) is 0 Å². The van der Waals surface area contributed by atoms with Crippen LogP contribution in [-0.4, -0.2) is 21.6 Å². The average molecular weight is 477 g/mol. The summed E-state index contributed by atoms with van der Waals surface area (Å²) in [7, 11) is 0. The molecule has 5 aromatic rings. The number of rotatable bonds is 7. The van der Waals surface area contributed by atoms with Crippen molar-refractivity contribution < 1.29 is 9.59 Å². The zero-order chi connectivity index (χ0) is 25.2. The fourth-order valence-electron chi connectivity index (χ4n) is 3.85. The van der Waals surface area contributed by atoms with Gasteiger partial charge in [0.25, 0.3) is 0 Å². The van der Waals surface area contributed by atoms with E-state index >= 15 is 0 Å². The van der Waals surface area contributed by atoms with Gasteiger partial charge in [-0.25, -0.2) is 0 Å². The first-order chi connectivity index (χ1) is 17.6. The van der Waals surface area contributed by atoms with Crippen molar-refractivity contribution in [2.45, 2.75) is 19.4 Å². The third-order valence-electron chi connectivity index (χ3n) is 5.52. The first-order valence-electron chi connectivity index (χ1n) is 11.7. The molecule has 1 heterocycles. The molecule has 0 unspecified atom stereocenters. The van der Waals surface area contributed by atoms with Crippen LogP contribution in [0.1, 0.15) is 16.7 Å². The Balaban J connectivity index is 0.000000256. The highest BCUT2D eigenvalue weighted by molar-refractivity contribution is 6.00. The maximum atomic E-state index is 12.4. The molecule has 0 aliphatic rings. The minimum atomic E-state index is -0.286. The molecule has 0 saturated carbocycles. The number of amides is 2. The second kappa shape index (κ2) is 12.1. The number of para-hydroxylation sites is 1. The van der Waals surface area contributed by atoms with Crippen molar-refractivity contribution in [3.05, 3.63) is 132 Å². The Kier molecular flexibility index (Phi) is 8.22. The number of anilines is 1. The third kappa shape index (κ3) is 6.90. The van der Waals surface area contributed by atoms with Gasteiger partial charge in [0.05, 0.1) is 24.9 Å². The van der Waals surface area contributed by atoms with Crippen LogP contribution in [0.2, 0.25) is 0 Å². The first kappa shape index (κ1) is 24.4. The van der Waals surface area contributed by atoms with Gasteiger partial charge in [-0.3, -0.25) is 14.3 Å². The molecule has 3 N–H and O–H groups in total. The second-order valence-corrected chi connectivity index (χ2v) is 8.35. The third-order valence-corrected chi connectivity index (χ3v) is 5.52. The first-order valence-corrected chi connectivity index (χ1v) is 11.7. The summed E-state index contributed by atoms with van der Waals surface area (Å²) in [5.74, 6) is 0.259. The smallest absolute Gasteiger partial charge is 0.230 e. The van der Waals surface area contributed by atoms with Crippen LogP contribution in [0.3, 0.4) is 0 Å². The van der Waals surface area contributed by atoms with Crippen molar-refractivity contribution in [2.75, 3.05) is 5.32 Å². The van der Waals surface area contributed by atoms with E-state index in [1.165, 1.54) is 5.56 Å². The molecule has 2 amide bonds. The molecule has 0 spiro atoms. The van der Waals surface area contributed by atoms with Crippen molar-refractivity contribution >= 4 is 28.5 Å². The Bertz CT molecular complexity index is 1420. The minimum Gasteiger partial charge on any atom is -0.369 e. The number of aromatic nitrogens is 2. The standard InChI is InChI=1S/C22H19N3O.C8H9NO/c26-21(15-17-9-3-1-4-10-17)23-22-19-13-7-8-14-20(19)25(24-22)16-18-11-5-2-6-12-18;9-8(10)6-7-4-2-1-3-5-7/h1-14H,15-16H2,(H,23,24,26);1-5H,6H2,(H2,9,10). The lowest BCUT2D eigenvalue weighted by Crippen LogP contribution is -2.15. The van der Waals surface area contributed by atoms with Crippen LogP contribution in [0.15, 0.2) is 115 Å². The highest BCUT2D eigenvalue weighted by Gasteiger charge is 2.13. The Hall–Kier alpha value is -4.71. The van der Waals surface area contributed by atoms with E-state index in [2.05, 4.69) is 22.5 Å². The van der Waals surface area contributed by atoms with Crippen LogP contribution in [0.4, 0.5) is 5.82 Å². The van der Waals surface area contributed by atoms with Gasteiger partial charge in [-0.05, 0) is 28.8 Å². The summed E-state index contributed by atoms with van der Waals surface area (Å²) >= 11 is 0. The number of nitrogens with two attached hydrogens (primary N) is 1. The number of hydrogen-bond acceptors (Lipinski definition) is 3. The van der Waals surface area contributed by atoms with E-state index in [0.29, 0.717) is 25.2 Å². The summed E-state index contributed by atoms with van der Waals surface area (Å²) in [5.41, 5.74) is 9.11. The number of carbonyl (C=O) groups is 2. The second-order valence-electron chi connectivity index (χ2n) is 8.35. The van der Waals surface area contributed by atoms with E-state index in [4.69, 9.17) is 5.73 Å². The average Bonchev–Trinajstić information content (AvgIpc) is 3.22. The maximum absolute atomic E-state index is 12.4. The zero-order valence-electron chi connectivity index (χ0n) is 19.9. The molecule has 0 aliphatic heterocycles. The van der Waals surface area contributed by atoms with Crippen LogP contribution in [-0.2, 0) is 29.0 Å². The van der Waals surface area contributed by atoms with E-state index in [1.807, 2.05) is 108 Å². The van der Waals surface area contributed by atoms with E-state index in [1.54, 1.807) is 0 Å². The number of nitrogens with one attached hydrogen (secondary N) is 1. The van der Waals surface area contributed by atoms with Crippen LogP contribution in [0.25, 0.3) is 10.9 Å². The highest BCUT2D eigenvalue weighted by Crippen LogP contribution is 2.23. The maximum Gasteiger partial charge on any atom is 0.230 e.